The Bertz CT molecular complexity index is 437. The summed E-state index contributed by atoms with van der Waals surface area (Å²) in [6.07, 6.45) is 6.58. The van der Waals surface area contributed by atoms with Gasteiger partial charge in [0.2, 0.25) is 11.8 Å². The normalized spacial score (nSPS) is 40.5. The summed E-state index contributed by atoms with van der Waals surface area (Å²) in [5.74, 6) is 1.87. The third-order valence-electron chi connectivity index (χ3n) is 6.11. The van der Waals surface area contributed by atoms with E-state index in [1.807, 2.05) is 11.8 Å². The van der Waals surface area contributed by atoms with Crippen molar-refractivity contribution in [3.63, 3.8) is 0 Å². The number of hydrogen-bond acceptors (Lipinski definition) is 2. The smallest absolute Gasteiger partial charge is 0.246 e. The highest BCUT2D eigenvalue weighted by molar-refractivity contribution is 5.97. The lowest BCUT2D eigenvalue weighted by atomic mass is 9.88. The van der Waals surface area contributed by atoms with Crippen molar-refractivity contribution in [1.82, 2.24) is 10.2 Å². The van der Waals surface area contributed by atoms with Crippen molar-refractivity contribution in [2.75, 3.05) is 0 Å². The van der Waals surface area contributed by atoms with Gasteiger partial charge in [0.15, 0.2) is 0 Å². The Morgan fingerprint density at radius 3 is 2.52 bits per heavy atom. The number of carbonyl (C=O) groups is 2. The molecule has 1 aliphatic heterocycles. The summed E-state index contributed by atoms with van der Waals surface area (Å²) in [6.45, 7) is 6.16. The van der Waals surface area contributed by atoms with E-state index < -0.39 is 0 Å². The van der Waals surface area contributed by atoms with Gasteiger partial charge in [0.25, 0.3) is 0 Å². The molecule has 0 spiro atoms. The first-order valence-electron chi connectivity index (χ1n) is 8.69. The summed E-state index contributed by atoms with van der Waals surface area (Å²) in [4.78, 5) is 27.5. The predicted molar refractivity (Wildman–Crippen MR) is 81.5 cm³/mol. The first kappa shape index (κ1) is 14.9. The monoisotopic (exact) mass is 292 g/mol. The maximum Gasteiger partial charge on any atom is 0.246 e. The van der Waals surface area contributed by atoms with Crippen LogP contribution in [0, 0.1) is 17.8 Å². The Hall–Kier alpha value is -1.06. The van der Waals surface area contributed by atoms with E-state index in [1.165, 1.54) is 19.3 Å². The minimum absolute atomic E-state index is 0.0603. The number of carbonyl (C=O) groups excluding carboxylic acids is 2. The molecule has 0 aromatic rings. The second kappa shape index (κ2) is 5.62. The largest absolute Gasteiger partial charge is 0.342 e. The maximum atomic E-state index is 13.0. The van der Waals surface area contributed by atoms with E-state index >= 15 is 0 Å². The molecule has 3 rings (SSSR count). The Balaban J connectivity index is 1.86. The molecule has 1 N–H and O–H groups in total. The van der Waals surface area contributed by atoms with Gasteiger partial charge in [0, 0.05) is 6.04 Å². The second-order valence-electron chi connectivity index (χ2n) is 7.28. The highest BCUT2D eigenvalue weighted by Crippen LogP contribution is 2.47. The number of piperazine rings is 1. The highest BCUT2D eigenvalue weighted by atomic mass is 16.2. The fraction of sp³-hybridized carbons (Fsp3) is 0.882. The van der Waals surface area contributed by atoms with Gasteiger partial charge < -0.3 is 10.2 Å². The van der Waals surface area contributed by atoms with Crippen molar-refractivity contribution in [2.45, 2.75) is 77.4 Å². The number of amides is 2. The first-order chi connectivity index (χ1) is 10.1. The summed E-state index contributed by atoms with van der Waals surface area (Å²) in [5.41, 5.74) is 0. The fourth-order valence-corrected chi connectivity index (χ4v) is 4.70. The molecule has 3 fully saturated rings. The lowest BCUT2D eigenvalue weighted by molar-refractivity contribution is -0.155. The first-order valence-corrected chi connectivity index (χ1v) is 8.69. The maximum absolute atomic E-state index is 13.0. The van der Waals surface area contributed by atoms with Gasteiger partial charge in [0.1, 0.15) is 12.1 Å². The molecule has 0 radical (unpaired) electrons. The molecule has 2 saturated carbocycles. The average molecular weight is 292 g/mol. The van der Waals surface area contributed by atoms with Crippen LogP contribution in [0.15, 0.2) is 0 Å². The molecule has 6 unspecified atom stereocenters. The van der Waals surface area contributed by atoms with Crippen molar-refractivity contribution in [1.29, 1.82) is 0 Å². The molecule has 2 amide bonds. The minimum atomic E-state index is -0.315. The zero-order valence-corrected chi connectivity index (χ0v) is 13.5. The van der Waals surface area contributed by atoms with E-state index in [1.54, 1.807) is 0 Å². The van der Waals surface area contributed by atoms with Crippen LogP contribution in [0.4, 0.5) is 0 Å². The molecule has 118 valence electrons. The van der Waals surface area contributed by atoms with E-state index in [2.05, 4.69) is 19.2 Å². The van der Waals surface area contributed by atoms with Crippen LogP contribution < -0.4 is 5.32 Å². The van der Waals surface area contributed by atoms with E-state index in [4.69, 9.17) is 0 Å². The quantitative estimate of drug-likeness (QED) is 0.864. The third kappa shape index (κ3) is 2.36. The molecule has 0 aromatic carbocycles. The van der Waals surface area contributed by atoms with Gasteiger partial charge >= 0.3 is 0 Å². The summed E-state index contributed by atoms with van der Waals surface area (Å²) in [6, 6.07) is -0.245. The average Bonchev–Trinajstić information content (AvgIpc) is 3.10. The lowest BCUT2D eigenvalue weighted by Gasteiger charge is -2.45. The van der Waals surface area contributed by atoms with Gasteiger partial charge in [-0.3, -0.25) is 9.59 Å². The molecule has 6 atom stereocenters. The van der Waals surface area contributed by atoms with Gasteiger partial charge in [-0.15, -0.1) is 0 Å². The molecule has 3 aliphatic rings. The van der Waals surface area contributed by atoms with Crippen LogP contribution in [0.25, 0.3) is 0 Å². The van der Waals surface area contributed by atoms with Crippen molar-refractivity contribution < 1.29 is 9.59 Å². The molecule has 1 saturated heterocycles. The fourth-order valence-electron chi connectivity index (χ4n) is 4.70. The van der Waals surface area contributed by atoms with Crippen LogP contribution in [-0.4, -0.2) is 34.8 Å². The second-order valence-corrected chi connectivity index (χ2v) is 7.28. The zero-order valence-electron chi connectivity index (χ0n) is 13.5. The minimum Gasteiger partial charge on any atom is -0.342 e. The Morgan fingerprint density at radius 2 is 2.00 bits per heavy atom. The van der Waals surface area contributed by atoms with Crippen LogP contribution in [-0.2, 0) is 9.59 Å². The molecule has 2 bridgehead atoms. The molecular formula is C17H28N2O2. The van der Waals surface area contributed by atoms with Crippen LogP contribution in [0.5, 0.6) is 0 Å². The SMILES string of the molecule is CCC(C)C1NC(=O)C(CC)N(C2CC3CCC2C3)C1=O. The third-order valence-corrected chi connectivity index (χ3v) is 6.11. The Kier molecular flexibility index (Phi) is 3.98. The summed E-state index contributed by atoms with van der Waals surface area (Å²) < 4.78 is 0. The number of nitrogens with zero attached hydrogens (tertiary/aromatic N) is 1. The summed E-state index contributed by atoms with van der Waals surface area (Å²) in [5, 5.41) is 2.99. The molecule has 4 nitrogen and oxygen atoms in total. The van der Waals surface area contributed by atoms with Crippen LogP contribution in [0.2, 0.25) is 0 Å². The lowest BCUT2D eigenvalue weighted by Crippen LogP contribution is -2.67. The van der Waals surface area contributed by atoms with Crippen LogP contribution in [0.1, 0.15) is 59.3 Å². The Labute approximate surface area is 127 Å². The molecule has 4 heteroatoms. The van der Waals surface area contributed by atoms with Crippen molar-refractivity contribution >= 4 is 11.8 Å². The van der Waals surface area contributed by atoms with Gasteiger partial charge in [-0.2, -0.15) is 0 Å². The number of fused-ring (bicyclic) bond motifs is 2. The van der Waals surface area contributed by atoms with Crippen LogP contribution >= 0.6 is 0 Å². The standard InChI is InChI=1S/C17H28N2O2/c1-4-10(3)15-17(21)19(13(5-2)16(20)18-15)14-9-11-6-7-12(14)8-11/h10-15H,4-9H2,1-3H3,(H,18,20). The molecule has 0 aromatic heterocycles. The highest BCUT2D eigenvalue weighted by Gasteiger charge is 2.50. The topological polar surface area (TPSA) is 49.4 Å². The van der Waals surface area contributed by atoms with Crippen molar-refractivity contribution in [3.05, 3.63) is 0 Å². The summed E-state index contributed by atoms with van der Waals surface area (Å²) >= 11 is 0. The van der Waals surface area contributed by atoms with E-state index in [9.17, 15) is 9.59 Å². The predicted octanol–water partition coefficient (Wildman–Crippen LogP) is 2.33. The number of rotatable bonds is 4. The van der Waals surface area contributed by atoms with Crippen LogP contribution in [0.3, 0.4) is 0 Å². The van der Waals surface area contributed by atoms with E-state index in [-0.39, 0.29) is 29.8 Å². The van der Waals surface area contributed by atoms with Crippen molar-refractivity contribution in [2.24, 2.45) is 17.8 Å². The van der Waals surface area contributed by atoms with Gasteiger partial charge in [-0.05, 0) is 43.4 Å². The molecule has 2 aliphatic carbocycles. The molecular weight excluding hydrogens is 264 g/mol. The zero-order chi connectivity index (χ0) is 15.1. The van der Waals surface area contributed by atoms with Gasteiger partial charge in [0.05, 0.1) is 0 Å². The number of hydrogen-bond donors (Lipinski definition) is 1. The van der Waals surface area contributed by atoms with E-state index in [0.717, 1.165) is 25.2 Å². The molecule has 1 heterocycles. The number of nitrogens with one attached hydrogen (secondary N) is 1. The summed E-state index contributed by atoms with van der Waals surface area (Å²) in [7, 11) is 0. The van der Waals surface area contributed by atoms with E-state index in [0.29, 0.717) is 12.0 Å². The van der Waals surface area contributed by atoms with Crippen molar-refractivity contribution in [3.8, 4) is 0 Å². The van der Waals surface area contributed by atoms with Gasteiger partial charge in [-0.25, -0.2) is 0 Å². The molecule has 21 heavy (non-hydrogen) atoms. The van der Waals surface area contributed by atoms with Gasteiger partial charge in [-0.1, -0.05) is 33.6 Å². The Morgan fingerprint density at radius 1 is 1.24 bits per heavy atom.